The monoisotopic (exact) mass is 826 g/mol. The van der Waals surface area contributed by atoms with E-state index in [4.69, 9.17) is 52.1 Å². The fourth-order valence-corrected chi connectivity index (χ4v) is 5.86. The van der Waals surface area contributed by atoms with Gasteiger partial charge in [0.2, 0.25) is 0 Å². The summed E-state index contributed by atoms with van der Waals surface area (Å²) in [5.41, 5.74) is 5.72. The Morgan fingerprint density at radius 3 is 1.34 bits per heavy atom. The molecule has 0 radical (unpaired) electrons. The Bertz CT molecular complexity index is 1500. The molecular formula is C44H62N2O13. The summed E-state index contributed by atoms with van der Waals surface area (Å²) in [6, 6.07) is 26.1. The van der Waals surface area contributed by atoms with Crippen molar-refractivity contribution in [3.05, 3.63) is 95.6 Å². The van der Waals surface area contributed by atoms with Crippen molar-refractivity contribution in [2.45, 2.75) is 12.5 Å². The molecule has 15 heteroatoms. The van der Waals surface area contributed by atoms with E-state index in [9.17, 15) is 9.59 Å². The second-order valence-electron chi connectivity index (χ2n) is 13.2. The van der Waals surface area contributed by atoms with Crippen molar-refractivity contribution in [1.29, 1.82) is 0 Å². The molecule has 1 N–H and O–H groups in total. The van der Waals surface area contributed by atoms with Crippen LogP contribution in [-0.2, 0) is 58.7 Å². The minimum Gasteiger partial charge on any atom is -0.448 e. The van der Waals surface area contributed by atoms with Gasteiger partial charge in [0.1, 0.15) is 13.2 Å². The van der Waals surface area contributed by atoms with Gasteiger partial charge < -0.3 is 62.3 Å². The highest BCUT2D eigenvalue weighted by molar-refractivity contribution is 5.79. The van der Waals surface area contributed by atoms with Gasteiger partial charge in [-0.3, -0.25) is 0 Å². The van der Waals surface area contributed by atoms with Crippen LogP contribution < -0.4 is 5.32 Å². The molecule has 4 rings (SSSR count). The molecule has 0 heterocycles. The second-order valence-corrected chi connectivity index (χ2v) is 13.2. The highest BCUT2D eigenvalue weighted by Gasteiger charge is 2.29. The van der Waals surface area contributed by atoms with E-state index in [0.29, 0.717) is 139 Å². The third-order valence-electron chi connectivity index (χ3n) is 8.92. The molecule has 0 atom stereocenters. The Hall–Kier alpha value is -4.16. The van der Waals surface area contributed by atoms with Gasteiger partial charge in [-0.25, -0.2) is 9.59 Å². The lowest BCUT2D eigenvalue weighted by Crippen LogP contribution is -2.32. The van der Waals surface area contributed by atoms with E-state index in [1.54, 1.807) is 7.05 Å². The number of hydrogen-bond acceptors (Lipinski definition) is 13. The van der Waals surface area contributed by atoms with E-state index in [1.807, 2.05) is 54.6 Å². The Labute approximate surface area is 348 Å². The van der Waals surface area contributed by atoms with Crippen LogP contribution in [0, 0.1) is 0 Å². The first-order valence-electron chi connectivity index (χ1n) is 20.3. The smallest absolute Gasteiger partial charge is 0.409 e. The first kappa shape index (κ1) is 47.5. The van der Waals surface area contributed by atoms with Gasteiger partial charge in [0.15, 0.2) is 0 Å². The molecule has 0 saturated heterocycles. The number of carbonyl (C=O) groups excluding carboxylic acids is 2. The van der Waals surface area contributed by atoms with E-state index in [1.165, 1.54) is 27.2 Å². The van der Waals surface area contributed by atoms with Crippen molar-refractivity contribution >= 4 is 12.2 Å². The standard InChI is InChI=1S/C44H62N2O13/c1-46(44(48)59-36-42-40-13-7-5-11-38(40)39-12-6-8-14-41(39)42)16-18-50-20-22-52-24-26-54-28-30-56-32-34-57-33-31-55-29-27-53-25-23-51-21-19-49-17-15-45-43(47)58-35-37-9-3-2-4-10-37/h2-14,42H,15-36H2,1H3,(H,45,47). The lowest BCUT2D eigenvalue weighted by molar-refractivity contribution is -0.0251. The molecule has 0 spiro atoms. The fourth-order valence-electron chi connectivity index (χ4n) is 5.86. The van der Waals surface area contributed by atoms with Gasteiger partial charge in [-0.2, -0.15) is 0 Å². The third kappa shape index (κ3) is 20.1. The van der Waals surface area contributed by atoms with Crippen molar-refractivity contribution in [2.75, 3.05) is 146 Å². The Morgan fingerprint density at radius 1 is 0.492 bits per heavy atom. The van der Waals surface area contributed by atoms with Crippen molar-refractivity contribution < 1.29 is 61.7 Å². The van der Waals surface area contributed by atoms with E-state index in [2.05, 4.69) is 29.6 Å². The van der Waals surface area contributed by atoms with Gasteiger partial charge in [-0.05, 0) is 27.8 Å². The largest absolute Gasteiger partial charge is 0.448 e. The molecule has 1 aliphatic carbocycles. The number of amides is 2. The summed E-state index contributed by atoms with van der Waals surface area (Å²) in [6.07, 6.45) is -0.842. The Balaban J connectivity index is 0.796. The maximum Gasteiger partial charge on any atom is 0.409 e. The van der Waals surface area contributed by atoms with Gasteiger partial charge in [0.25, 0.3) is 0 Å². The maximum atomic E-state index is 12.6. The molecule has 0 saturated carbocycles. The van der Waals surface area contributed by atoms with Crippen LogP contribution >= 0.6 is 0 Å². The summed E-state index contributed by atoms with van der Waals surface area (Å²) < 4.78 is 60.4. The molecule has 326 valence electrons. The lowest BCUT2D eigenvalue weighted by Gasteiger charge is -2.19. The molecule has 3 aromatic carbocycles. The molecule has 3 aromatic rings. The average molecular weight is 827 g/mol. The predicted molar refractivity (Wildman–Crippen MR) is 220 cm³/mol. The average Bonchev–Trinajstić information content (AvgIpc) is 3.59. The number of hydrogen-bond donors (Lipinski definition) is 1. The summed E-state index contributed by atoms with van der Waals surface area (Å²) in [7, 11) is 1.71. The third-order valence-corrected chi connectivity index (χ3v) is 8.92. The number of rotatable bonds is 34. The van der Waals surface area contributed by atoms with Gasteiger partial charge in [0, 0.05) is 26.1 Å². The van der Waals surface area contributed by atoms with Crippen molar-refractivity contribution in [3.8, 4) is 11.1 Å². The molecule has 1 aliphatic rings. The van der Waals surface area contributed by atoms with Gasteiger partial charge >= 0.3 is 12.2 Å². The Morgan fingerprint density at radius 2 is 0.881 bits per heavy atom. The summed E-state index contributed by atoms with van der Waals surface area (Å²) in [5.74, 6) is 0.0337. The molecule has 0 fully saturated rings. The highest BCUT2D eigenvalue weighted by atomic mass is 16.6. The number of nitrogens with one attached hydrogen (secondary N) is 1. The lowest BCUT2D eigenvalue weighted by atomic mass is 9.98. The van der Waals surface area contributed by atoms with Crippen LogP contribution in [0.15, 0.2) is 78.9 Å². The molecule has 0 unspecified atom stereocenters. The Kier molecular flexibility index (Phi) is 24.8. The number of carbonyl (C=O) groups is 2. The minimum atomic E-state index is -0.473. The van der Waals surface area contributed by atoms with E-state index >= 15 is 0 Å². The molecule has 0 bridgehead atoms. The van der Waals surface area contributed by atoms with Gasteiger partial charge in [-0.15, -0.1) is 0 Å². The summed E-state index contributed by atoms with van der Waals surface area (Å²) in [5, 5.41) is 2.64. The SMILES string of the molecule is CN(CCOCCOCCOCCOCCOCCOCCOCCOCCOCCNC(=O)OCc1ccccc1)C(=O)OCC1c2ccccc2-c2ccccc21. The number of benzene rings is 3. The summed E-state index contributed by atoms with van der Waals surface area (Å²) >= 11 is 0. The van der Waals surface area contributed by atoms with E-state index in [-0.39, 0.29) is 18.6 Å². The van der Waals surface area contributed by atoms with Gasteiger partial charge in [0.05, 0.1) is 119 Å². The van der Waals surface area contributed by atoms with Crippen LogP contribution in [0.4, 0.5) is 9.59 Å². The van der Waals surface area contributed by atoms with Crippen LogP contribution in [0.1, 0.15) is 22.6 Å². The fraction of sp³-hybridized carbons (Fsp3) is 0.545. The zero-order valence-electron chi connectivity index (χ0n) is 34.4. The van der Waals surface area contributed by atoms with Crippen molar-refractivity contribution in [1.82, 2.24) is 10.2 Å². The zero-order valence-corrected chi connectivity index (χ0v) is 34.4. The quantitative estimate of drug-likeness (QED) is 0.0811. The summed E-state index contributed by atoms with van der Waals surface area (Å²) in [4.78, 5) is 25.8. The zero-order chi connectivity index (χ0) is 41.4. The van der Waals surface area contributed by atoms with Crippen LogP contribution in [0.2, 0.25) is 0 Å². The first-order chi connectivity index (χ1) is 29.1. The number of alkyl carbamates (subject to hydrolysis) is 1. The molecule has 15 nitrogen and oxygen atoms in total. The normalized spacial score (nSPS) is 11.9. The molecule has 2 amide bonds. The molecule has 0 aliphatic heterocycles. The number of likely N-dealkylation sites (N-methyl/N-ethyl adjacent to an activating group) is 1. The van der Waals surface area contributed by atoms with Crippen molar-refractivity contribution in [3.63, 3.8) is 0 Å². The second kappa shape index (κ2) is 30.8. The van der Waals surface area contributed by atoms with Gasteiger partial charge in [-0.1, -0.05) is 78.9 Å². The van der Waals surface area contributed by atoms with Crippen LogP contribution in [-0.4, -0.2) is 163 Å². The topological polar surface area (TPSA) is 151 Å². The van der Waals surface area contributed by atoms with E-state index < -0.39 is 6.09 Å². The molecule has 0 aromatic heterocycles. The van der Waals surface area contributed by atoms with E-state index in [0.717, 1.165) is 5.56 Å². The molecule has 59 heavy (non-hydrogen) atoms. The van der Waals surface area contributed by atoms with Crippen LogP contribution in [0.5, 0.6) is 0 Å². The minimum absolute atomic E-state index is 0.0337. The number of ether oxygens (including phenoxy) is 11. The van der Waals surface area contributed by atoms with Crippen LogP contribution in [0.25, 0.3) is 11.1 Å². The first-order valence-corrected chi connectivity index (χ1v) is 20.3. The maximum absolute atomic E-state index is 12.6. The number of fused-ring (bicyclic) bond motifs is 3. The number of nitrogens with zero attached hydrogens (tertiary/aromatic N) is 1. The van der Waals surface area contributed by atoms with Crippen LogP contribution in [0.3, 0.4) is 0 Å². The van der Waals surface area contributed by atoms with Crippen molar-refractivity contribution in [2.24, 2.45) is 0 Å². The predicted octanol–water partition coefficient (Wildman–Crippen LogP) is 4.94. The summed E-state index contributed by atoms with van der Waals surface area (Å²) in [6.45, 7) is 9.43. The molecular weight excluding hydrogens is 764 g/mol. The highest BCUT2D eigenvalue weighted by Crippen LogP contribution is 2.44.